The molecule has 0 bridgehead atoms. The Kier molecular flexibility index (Phi) is 5.64. The van der Waals surface area contributed by atoms with Crippen LogP contribution < -0.4 is 0 Å². The number of nitrogens with zero attached hydrogens (tertiary/aromatic N) is 4. The SMILES string of the molecule is N#Cc1ccc2c3ccccc3n(-c3ccc(-c4ccc(-n5c6ccccc6c6c7oc8ccccc8c7ccc65)cc4)cc3C#N)c2c1. The Morgan fingerprint density at radius 3 is 1.94 bits per heavy atom. The van der Waals surface area contributed by atoms with Crippen molar-refractivity contribution in [2.45, 2.75) is 0 Å². The van der Waals surface area contributed by atoms with Crippen LogP contribution in [0.25, 0.3) is 88.1 Å². The first kappa shape index (κ1) is 27.1. The summed E-state index contributed by atoms with van der Waals surface area (Å²) in [6.45, 7) is 0. The van der Waals surface area contributed by atoms with Crippen molar-refractivity contribution in [1.82, 2.24) is 9.13 Å². The highest BCUT2D eigenvalue weighted by molar-refractivity contribution is 6.23. The molecule has 0 spiro atoms. The van der Waals surface area contributed by atoms with Crippen molar-refractivity contribution < 1.29 is 4.42 Å². The number of aromatic nitrogens is 2. The van der Waals surface area contributed by atoms with Crippen molar-refractivity contribution in [2.75, 3.05) is 0 Å². The Bertz CT molecular complexity index is 3070. The van der Waals surface area contributed by atoms with Crippen LogP contribution in [0.15, 0.2) is 150 Å². The average Bonchev–Trinajstić information content (AvgIpc) is 3.82. The maximum Gasteiger partial charge on any atom is 0.145 e. The van der Waals surface area contributed by atoms with E-state index < -0.39 is 0 Å². The molecule has 0 N–H and O–H groups in total. The lowest BCUT2D eigenvalue weighted by Gasteiger charge is -2.13. The molecule has 0 saturated carbocycles. The molecule has 3 heterocycles. The first-order valence-corrected chi connectivity index (χ1v) is 16.1. The summed E-state index contributed by atoms with van der Waals surface area (Å²) in [6.07, 6.45) is 0. The van der Waals surface area contributed by atoms with Gasteiger partial charge >= 0.3 is 0 Å². The van der Waals surface area contributed by atoms with Crippen LogP contribution in [0, 0.1) is 22.7 Å². The van der Waals surface area contributed by atoms with Crippen molar-refractivity contribution in [3.05, 3.63) is 157 Å². The fourth-order valence-electron chi connectivity index (χ4n) is 7.62. The summed E-state index contributed by atoms with van der Waals surface area (Å²) in [5.74, 6) is 0. The lowest BCUT2D eigenvalue weighted by Crippen LogP contribution is -1.98. The largest absolute Gasteiger partial charge is 0.455 e. The molecule has 3 aromatic heterocycles. The van der Waals surface area contributed by atoms with Gasteiger partial charge < -0.3 is 13.6 Å². The van der Waals surface area contributed by atoms with Crippen molar-refractivity contribution >= 4 is 65.6 Å². The van der Waals surface area contributed by atoms with E-state index in [2.05, 4.69) is 112 Å². The van der Waals surface area contributed by atoms with Crippen molar-refractivity contribution in [3.8, 4) is 34.6 Å². The van der Waals surface area contributed by atoms with E-state index in [1.807, 2.05) is 54.6 Å². The summed E-state index contributed by atoms with van der Waals surface area (Å²) in [5.41, 5.74) is 10.8. The minimum absolute atomic E-state index is 0.559. The zero-order valence-corrected chi connectivity index (χ0v) is 26.1. The summed E-state index contributed by atoms with van der Waals surface area (Å²) in [6, 6.07) is 54.2. The maximum absolute atomic E-state index is 10.4. The van der Waals surface area contributed by atoms with Gasteiger partial charge in [0.15, 0.2) is 0 Å². The molecule has 0 unspecified atom stereocenters. The van der Waals surface area contributed by atoms with Gasteiger partial charge in [0.05, 0.1) is 50.3 Å². The molecule has 49 heavy (non-hydrogen) atoms. The molecule has 0 radical (unpaired) electrons. The number of hydrogen-bond donors (Lipinski definition) is 0. The molecule has 10 aromatic rings. The Labute approximate surface area is 280 Å². The van der Waals surface area contributed by atoms with E-state index in [0.29, 0.717) is 11.1 Å². The molecule has 0 aliphatic heterocycles. The highest BCUT2D eigenvalue weighted by atomic mass is 16.3. The molecular formula is C44H24N4O. The van der Waals surface area contributed by atoms with E-state index in [-0.39, 0.29) is 0 Å². The summed E-state index contributed by atoms with van der Waals surface area (Å²) < 4.78 is 10.9. The number of nitriles is 2. The number of para-hydroxylation sites is 3. The normalized spacial score (nSPS) is 11.6. The predicted octanol–water partition coefficient (Wildman–Crippen LogP) is 11.2. The second-order valence-electron chi connectivity index (χ2n) is 12.4. The van der Waals surface area contributed by atoms with Gasteiger partial charge in [-0.05, 0) is 77.9 Å². The van der Waals surface area contributed by atoms with Crippen LogP contribution in [-0.4, -0.2) is 9.13 Å². The molecule has 0 amide bonds. The number of benzene rings is 7. The summed E-state index contributed by atoms with van der Waals surface area (Å²) in [7, 11) is 0. The Morgan fingerprint density at radius 2 is 1.14 bits per heavy atom. The minimum atomic E-state index is 0.559. The van der Waals surface area contributed by atoms with Crippen LogP contribution in [0.4, 0.5) is 0 Å². The van der Waals surface area contributed by atoms with Crippen LogP contribution in [0.2, 0.25) is 0 Å². The van der Waals surface area contributed by atoms with E-state index in [1.54, 1.807) is 0 Å². The smallest absolute Gasteiger partial charge is 0.145 e. The van der Waals surface area contributed by atoms with Gasteiger partial charge in [0, 0.05) is 32.6 Å². The Morgan fingerprint density at radius 1 is 0.469 bits per heavy atom. The standard InChI is InChI=1S/C44H24N4O/c45-25-27-13-19-33-32-7-1-4-10-38(32)48(41(33)23-27)37-21-16-29(24-30(37)26-46)28-14-17-31(18-15-28)47-39-11-5-2-9-36(39)43-40(47)22-20-35-34-8-3-6-12-42(34)49-44(35)43/h1-24H. The zero-order valence-electron chi connectivity index (χ0n) is 26.1. The van der Waals surface area contributed by atoms with E-state index in [0.717, 1.165) is 88.1 Å². The predicted molar refractivity (Wildman–Crippen MR) is 197 cm³/mol. The van der Waals surface area contributed by atoms with Gasteiger partial charge in [0.25, 0.3) is 0 Å². The molecule has 0 fully saturated rings. The van der Waals surface area contributed by atoms with Gasteiger partial charge in [-0.3, -0.25) is 0 Å². The van der Waals surface area contributed by atoms with Crippen LogP contribution in [0.5, 0.6) is 0 Å². The molecule has 0 saturated heterocycles. The molecule has 0 aliphatic carbocycles. The van der Waals surface area contributed by atoms with Crippen LogP contribution in [0.3, 0.4) is 0 Å². The fraction of sp³-hybridized carbons (Fsp3) is 0. The topological polar surface area (TPSA) is 70.6 Å². The molecule has 5 nitrogen and oxygen atoms in total. The van der Waals surface area contributed by atoms with Crippen molar-refractivity contribution in [2.24, 2.45) is 0 Å². The van der Waals surface area contributed by atoms with Crippen molar-refractivity contribution in [3.63, 3.8) is 0 Å². The molecule has 7 aromatic carbocycles. The average molecular weight is 625 g/mol. The monoisotopic (exact) mass is 624 g/mol. The van der Waals surface area contributed by atoms with Gasteiger partial charge in [-0.2, -0.15) is 10.5 Å². The third-order valence-electron chi connectivity index (χ3n) is 9.80. The minimum Gasteiger partial charge on any atom is -0.455 e. The third kappa shape index (κ3) is 3.85. The van der Waals surface area contributed by atoms with Crippen LogP contribution in [-0.2, 0) is 0 Å². The van der Waals surface area contributed by atoms with Gasteiger partial charge in [-0.25, -0.2) is 0 Å². The van der Waals surface area contributed by atoms with Gasteiger partial charge in [0.1, 0.15) is 17.2 Å². The summed E-state index contributed by atoms with van der Waals surface area (Å²) in [4.78, 5) is 0. The Hall–Kier alpha value is -7.08. The molecule has 0 atom stereocenters. The Balaban J connectivity index is 1.10. The third-order valence-corrected chi connectivity index (χ3v) is 9.80. The first-order chi connectivity index (χ1) is 24.2. The van der Waals surface area contributed by atoms with Crippen molar-refractivity contribution in [1.29, 1.82) is 10.5 Å². The van der Waals surface area contributed by atoms with Gasteiger partial charge in [-0.15, -0.1) is 0 Å². The molecule has 10 rings (SSSR count). The van der Waals surface area contributed by atoms with E-state index in [1.165, 1.54) is 0 Å². The highest BCUT2D eigenvalue weighted by Gasteiger charge is 2.19. The maximum atomic E-state index is 10.4. The number of rotatable bonds is 3. The van der Waals surface area contributed by atoms with Crippen LogP contribution in [0.1, 0.15) is 11.1 Å². The van der Waals surface area contributed by atoms with E-state index in [4.69, 9.17) is 4.42 Å². The number of furan rings is 1. The fourth-order valence-corrected chi connectivity index (χ4v) is 7.62. The van der Waals surface area contributed by atoms with Gasteiger partial charge in [-0.1, -0.05) is 78.9 Å². The molecule has 0 aliphatic rings. The zero-order chi connectivity index (χ0) is 32.6. The van der Waals surface area contributed by atoms with Crippen LogP contribution >= 0.6 is 0 Å². The highest BCUT2D eigenvalue weighted by Crippen LogP contribution is 2.41. The second kappa shape index (κ2) is 10.2. The quantitative estimate of drug-likeness (QED) is 0.196. The molecule has 226 valence electrons. The number of hydrogen-bond acceptors (Lipinski definition) is 3. The first-order valence-electron chi connectivity index (χ1n) is 16.1. The number of fused-ring (bicyclic) bond motifs is 10. The molecular weight excluding hydrogens is 601 g/mol. The van der Waals surface area contributed by atoms with E-state index >= 15 is 0 Å². The van der Waals surface area contributed by atoms with Gasteiger partial charge in [0.2, 0.25) is 0 Å². The lowest BCUT2D eigenvalue weighted by molar-refractivity contribution is 0.673. The lowest BCUT2D eigenvalue weighted by atomic mass is 10.0. The molecule has 5 heteroatoms. The van der Waals surface area contributed by atoms with E-state index in [9.17, 15) is 10.5 Å². The summed E-state index contributed by atoms with van der Waals surface area (Å²) >= 11 is 0. The second-order valence-corrected chi connectivity index (χ2v) is 12.4. The summed E-state index contributed by atoms with van der Waals surface area (Å²) in [5, 5.41) is 26.6.